The Morgan fingerprint density at radius 3 is 1.37 bits per heavy atom. The number of phenolic OH excluding ortho intramolecular Hbond substituents is 2. The average molecular weight is 806 g/mol. The minimum atomic E-state index is -0.0664. The number of nitrogen functional groups attached to an aromatic ring is 4. The third kappa shape index (κ3) is 14.7. The zero-order valence-corrected chi connectivity index (χ0v) is 31.7. The SMILES string of the molecule is COc1cc(O)c(Cl)cc1N.COc1cc(O)c(N)cc1Cl.COc1cc(OCCCC#N)c(Cl)cc1N.COc1cc(OCCO)c(Cl)cc1N. The highest BCUT2D eigenvalue weighted by atomic mass is 35.5. The first-order valence-electron chi connectivity index (χ1n) is 14.8. The fraction of sp³-hybridized carbons (Fsp3) is 0.265. The summed E-state index contributed by atoms with van der Waals surface area (Å²) < 4.78 is 30.3. The van der Waals surface area contributed by atoms with E-state index in [1.54, 1.807) is 24.3 Å². The number of anilines is 4. The Bertz CT molecular complexity index is 1720. The third-order valence-corrected chi connectivity index (χ3v) is 7.40. The number of rotatable bonds is 11. The molecule has 0 aliphatic carbocycles. The van der Waals surface area contributed by atoms with Gasteiger partial charge in [-0.1, -0.05) is 46.4 Å². The number of benzene rings is 4. The topological polar surface area (TPSA) is 244 Å². The maximum Gasteiger partial charge on any atom is 0.145 e. The first-order valence-corrected chi connectivity index (χ1v) is 16.3. The van der Waals surface area contributed by atoms with Gasteiger partial charge in [-0.15, -0.1) is 0 Å². The molecule has 14 nitrogen and oxygen atoms in total. The summed E-state index contributed by atoms with van der Waals surface area (Å²) in [6.45, 7) is 0.566. The van der Waals surface area contributed by atoms with E-state index in [4.69, 9.17) is 118 Å². The smallest absolute Gasteiger partial charge is 0.145 e. The van der Waals surface area contributed by atoms with Crippen LogP contribution in [0.2, 0.25) is 20.1 Å². The van der Waals surface area contributed by atoms with E-state index in [1.165, 1.54) is 52.7 Å². The molecular formula is C34H41Cl4N5O9. The molecule has 0 amide bonds. The van der Waals surface area contributed by atoms with E-state index in [2.05, 4.69) is 0 Å². The summed E-state index contributed by atoms with van der Waals surface area (Å²) in [5, 5.41) is 36.6. The van der Waals surface area contributed by atoms with Gasteiger partial charge in [0.25, 0.3) is 0 Å². The lowest BCUT2D eigenvalue weighted by Crippen LogP contribution is -2.03. The molecule has 0 fully saturated rings. The van der Waals surface area contributed by atoms with Crippen LogP contribution in [-0.4, -0.2) is 63.6 Å². The number of unbranched alkanes of at least 4 members (excludes halogenated alkanes) is 1. The van der Waals surface area contributed by atoms with Crippen LogP contribution in [0.1, 0.15) is 12.8 Å². The number of methoxy groups -OCH3 is 4. The zero-order valence-electron chi connectivity index (χ0n) is 28.7. The van der Waals surface area contributed by atoms with Crippen LogP contribution in [0, 0.1) is 11.3 Å². The van der Waals surface area contributed by atoms with E-state index < -0.39 is 0 Å². The van der Waals surface area contributed by atoms with Crippen LogP contribution in [0.3, 0.4) is 0 Å². The largest absolute Gasteiger partial charge is 0.506 e. The van der Waals surface area contributed by atoms with Gasteiger partial charge in [-0.25, -0.2) is 0 Å². The molecule has 0 atom stereocenters. The number of ether oxygens (including phenoxy) is 6. The molecule has 4 aromatic carbocycles. The molecule has 0 unspecified atom stereocenters. The van der Waals surface area contributed by atoms with Crippen LogP contribution in [0.4, 0.5) is 22.7 Å². The molecule has 0 spiro atoms. The van der Waals surface area contributed by atoms with Crippen molar-refractivity contribution in [1.29, 1.82) is 5.26 Å². The molecule has 4 aromatic rings. The number of nitrogens with zero attached hydrogens (tertiary/aromatic N) is 1. The lowest BCUT2D eigenvalue weighted by Gasteiger charge is -2.10. The fourth-order valence-corrected chi connectivity index (χ4v) is 4.49. The van der Waals surface area contributed by atoms with Gasteiger partial charge in [0.05, 0.1) is 90.6 Å². The Kier molecular flexibility index (Phi) is 20.4. The normalized spacial score (nSPS) is 9.69. The molecule has 0 aliphatic rings. The van der Waals surface area contributed by atoms with E-state index in [-0.39, 0.29) is 35.4 Å². The number of nitrogens with two attached hydrogens (primary N) is 4. The number of hydrogen-bond donors (Lipinski definition) is 7. The second-order valence-corrected chi connectivity index (χ2v) is 11.5. The highest BCUT2D eigenvalue weighted by Crippen LogP contribution is 2.36. The van der Waals surface area contributed by atoms with Crippen molar-refractivity contribution < 1.29 is 43.7 Å². The van der Waals surface area contributed by atoms with E-state index in [0.29, 0.717) is 86.1 Å². The maximum absolute atomic E-state index is 9.09. The summed E-state index contributed by atoms with van der Waals surface area (Å²) in [7, 11) is 5.98. The molecule has 0 heterocycles. The van der Waals surface area contributed by atoms with Gasteiger partial charge in [0.2, 0.25) is 0 Å². The average Bonchev–Trinajstić information content (AvgIpc) is 3.11. The molecule has 4 rings (SSSR count). The number of aromatic hydroxyl groups is 2. The van der Waals surface area contributed by atoms with Crippen molar-refractivity contribution in [2.75, 3.05) is 71.2 Å². The fourth-order valence-electron chi connectivity index (χ4n) is 3.61. The Morgan fingerprint density at radius 1 is 0.538 bits per heavy atom. The Balaban J connectivity index is 0.000000351. The summed E-state index contributed by atoms with van der Waals surface area (Å²) in [6, 6.07) is 14.0. The molecule has 0 saturated carbocycles. The predicted octanol–water partition coefficient (Wildman–Crippen LogP) is 7.19. The Hall–Kier alpha value is -4.91. The molecule has 52 heavy (non-hydrogen) atoms. The van der Waals surface area contributed by atoms with Gasteiger partial charge in [-0.3, -0.25) is 0 Å². The van der Waals surface area contributed by atoms with E-state index >= 15 is 0 Å². The summed E-state index contributed by atoms with van der Waals surface area (Å²) in [5.41, 5.74) is 23.7. The highest BCUT2D eigenvalue weighted by molar-refractivity contribution is 6.33. The van der Waals surface area contributed by atoms with Gasteiger partial charge >= 0.3 is 0 Å². The molecule has 0 aromatic heterocycles. The Morgan fingerprint density at radius 2 is 0.923 bits per heavy atom. The Labute approximate surface area is 321 Å². The van der Waals surface area contributed by atoms with Crippen molar-refractivity contribution in [3.63, 3.8) is 0 Å². The molecule has 284 valence electrons. The van der Waals surface area contributed by atoms with Crippen LogP contribution in [0.25, 0.3) is 0 Å². The molecule has 18 heteroatoms. The lowest BCUT2D eigenvalue weighted by atomic mass is 10.3. The van der Waals surface area contributed by atoms with Crippen molar-refractivity contribution in [3.8, 4) is 52.1 Å². The van der Waals surface area contributed by atoms with Crippen molar-refractivity contribution in [1.82, 2.24) is 0 Å². The van der Waals surface area contributed by atoms with Crippen LogP contribution in [-0.2, 0) is 0 Å². The van der Waals surface area contributed by atoms with Crippen molar-refractivity contribution >= 4 is 69.2 Å². The van der Waals surface area contributed by atoms with Gasteiger partial charge in [0.1, 0.15) is 52.6 Å². The molecule has 11 N–H and O–H groups in total. The summed E-state index contributed by atoms with van der Waals surface area (Å²) in [6.07, 6.45) is 1.13. The summed E-state index contributed by atoms with van der Waals surface area (Å²) in [4.78, 5) is 0. The van der Waals surface area contributed by atoms with Crippen LogP contribution in [0.5, 0.6) is 46.0 Å². The van der Waals surface area contributed by atoms with Gasteiger partial charge in [0.15, 0.2) is 0 Å². The van der Waals surface area contributed by atoms with Gasteiger partial charge in [-0.05, 0) is 30.7 Å². The minimum Gasteiger partial charge on any atom is -0.506 e. The number of hydrogen-bond acceptors (Lipinski definition) is 14. The second-order valence-electron chi connectivity index (χ2n) is 9.82. The first-order chi connectivity index (χ1) is 24.7. The first kappa shape index (κ1) is 45.1. The summed E-state index contributed by atoms with van der Waals surface area (Å²) in [5.74, 6) is 2.79. The molecule has 0 saturated heterocycles. The standard InChI is InChI=1S/C11H13ClN2O2.C9H12ClNO3.2C7H8ClNO2/c1-15-11-7-10(8(12)6-9(11)14)16-5-3-2-4-13;1-13-9-5-8(14-3-2-12)6(10)4-7(9)11;1-11-7-3-6(10)5(9)2-4(7)8;1-11-7-3-6(10)4(8)2-5(7)9/h6-7H,2-3,5,14H2,1H3;4-5,12H,2-3,11H2,1H3;2*2-3,10H,9H2,1H3. The van der Waals surface area contributed by atoms with Gasteiger partial charge in [0, 0.05) is 30.7 Å². The number of nitriles is 1. The number of aliphatic hydroxyl groups is 1. The van der Waals surface area contributed by atoms with Gasteiger partial charge in [-0.2, -0.15) is 5.26 Å². The van der Waals surface area contributed by atoms with E-state index in [1.807, 2.05) is 6.07 Å². The van der Waals surface area contributed by atoms with Crippen molar-refractivity contribution in [2.24, 2.45) is 0 Å². The maximum atomic E-state index is 9.09. The van der Waals surface area contributed by atoms with E-state index in [0.717, 1.165) is 0 Å². The zero-order chi connectivity index (χ0) is 39.4. The van der Waals surface area contributed by atoms with Crippen molar-refractivity contribution in [2.45, 2.75) is 12.8 Å². The predicted molar refractivity (Wildman–Crippen MR) is 206 cm³/mol. The molecule has 0 radical (unpaired) electrons. The van der Waals surface area contributed by atoms with Crippen LogP contribution >= 0.6 is 46.4 Å². The number of aliphatic hydroxyl groups excluding tert-OH is 1. The van der Waals surface area contributed by atoms with Gasteiger partial charge < -0.3 is 66.7 Å². The van der Waals surface area contributed by atoms with Crippen molar-refractivity contribution in [3.05, 3.63) is 68.6 Å². The quantitative estimate of drug-likeness (QED) is 0.0344. The number of phenols is 2. The van der Waals surface area contributed by atoms with E-state index in [9.17, 15) is 0 Å². The second kappa shape index (κ2) is 23.5. The monoisotopic (exact) mass is 803 g/mol. The minimum absolute atomic E-state index is 0.0220. The third-order valence-electron chi connectivity index (χ3n) is 6.21. The molecule has 0 aliphatic heterocycles. The van der Waals surface area contributed by atoms with Crippen LogP contribution < -0.4 is 51.4 Å². The highest BCUT2D eigenvalue weighted by Gasteiger charge is 2.09. The lowest BCUT2D eigenvalue weighted by molar-refractivity contribution is 0.201. The molecular weight excluding hydrogens is 764 g/mol. The number of halogens is 4. The summed E-state index contributed by atoms with van der Waals surface area (Å²) >= 11 is 23.0. The molecule has 0 bridgehead atoms. The van der Waals surface area contributed by atoms with Crippen LogP contribution in [0.15, 0.2) is 48.5 Å².